The van der Waals surface area contributed by atoms with E-state index in [4.69, 9.17) is 15.2 Å². The van der Waals surface area contributed by atoms with Gasteiger partial charge >= 0.3 is 0 Å². The van der Waals surface area contributed by atoms with Crippen LogP contribution in [0.15, 0.2) is 30.5 Å². The van der Waals surface area contributed by atoms with Crippen molar-refractivity contribution in [3.63, 3.8) is 0 Å². The van der Waals surface area contributed by atoms with Gasteiger partial charge in [-0.2, -0.15) is 0 Å². The summed E-state index contributed by atoms with van der Waals surface area (Å²) in [6.07, 6.45) is 2.91. The molecule has 0 unspecified atom stereocenters. The quantitative estimate of drug-likeness (QED) is 0.760. The summed E-state index contributed by atoms with van der Waals surface area (Å²) >= 11 is 0. The van der Waals surface area contributed by atoms with Crippen molar-refractivity contribution in [2.45, 2.75) is 26.0 Å². The van der Waals surface area contributed by atoms with Gasteiger partial charge in [-0.15, -0.1) is 5.10 Å². The van der Waals surface area contributed by atoms with Gasteiger partial charge in [-0.3, -0.25) is 9.59 Å². The number of amides is 2. The third-order valence-corrected chi connectivity index (χ3v) is 4.58. The minimum absolute atomic E-state index is 0.0505. The SMILES string of the molecule is COc1ccc(OCc2cn(CC(=O)N3CCC(C(N)=O)CC3)nn2)cc1. The maximum absolute atomic E-state index is 12.4. The second-order valence-electron chi connectivity index (χ2n) is 6.43. The predicted molar refractivity (Wildman–Crippen MR) is 95.8 cm³/mol. The summed E-state index contributed by atoms with van der Waals surface area (Å²) in [7, 11) is 1.61. The topological polar surface area (TPSA) is 113 Å². The molecule has 0 spiro atoms. The molecular formula is C18H23N5O4. The van der Waals surface area contributed by atoms with E-state index in [1.165, 1.54) is 4.68 Å². The Morgan fingerprint density at radius 2 is 1.85 bits per heavy atom. The van der Waals surface area contributed by atoms with E-state index in [2.05, 4.69) is 10.3 Å². The van der Waals surface area contributed by atoms with Crippen molar-refractivity contribution in [3.05, 3.63) is 36.2 Å². The number of methoxy groups -OCH3 is 1. The molecule has 1 aromatic carbocycles. The van der Waals surface area contributed by atoms with Gasteiger partial charge in [-0.25, -0.2) is 4.68 Å². The largest absolute Gasteiger partial charge is 0.497 e. The van der Waals surface area contributed by atoms with Gasteiger partial charge in [0.2, 0.25) is 11.8 Å². The van der Waals surface area contributed by atoms with Crippen molar-refractivity contribution < 1.29 is 19.1 Å². The summed E-state index contributed by atoms with van der Waals surface area (Å²) in [6.45, 7) is 1.43. The number of nitrogens with two attached hydrogens (primary N) is 1. The predicted octanol–water partition coefficient (Wildman–Crippen LogP) is 0.590. The number of hydrogen-bond acceptors (Lipinski definition) is 6. The number of hydrogen-bond donors (Lipinski definition) is 1. The molecule has 9 heteroatoms. The fraction of sp³-hybridized carbons (Fsp3) is 0.444. The highest BCUT2D eigenvalue weighted by Gasteiger charge is 2.26. The van der Waals surface area contributed by atoms with Crippen molar-refractivity contribution in [2.75, 3.05) is 20.2 Å². The number of primary amides is 1. The van der Waals surface area contributed by atoms with Crippen LogP contribution in [0.3, 0.4) is 0 Å². The first kappa shape index (κ1) is 18.7. The molecule has 0 radical (unpaired) electrons. The van der Waals surface area contributed by atoms with Gasteiger partial charge in [0.15, 0.2) is 0 Å². The molecule has 0 bridgehead atoms. The molecule has 1 aliphatic rings. The molecule has 0 aliphatic carbocycles. The summed E-state index contributed by atoms with van der Waals surface area (Å²) in [5.41, 5.74) is 5.95. The Balaban J connectivity index is 1.47. The Kier molecular flexibility index (Phi) is 5.90. The zero-order chi connectivity index (χ0) is 19.2. The number of rotatable bonds is 7. The Morgan fingerprint density at radius 3 is 2.48 bits per heavy atom. The molecule has 3 rings (SSSR count). The minimum Gasteiger partial charge on any atom is -0.497 e. The van der Waals surface area contributed by atoms with E-state index in [1.807, 2.05) is 24.3 Å². The lowest BCUT2D eigenvalue weighted by molar-refractivity contribution is -0.135. The van der Waals surface area contributed by atoms with Gasteiger partial charge in [0.05, 0.1) is 13.3 Å². The smallest absolute Gasteiger partial charge is 0.244 e. The van der Waals surface area contributed by atoms with Crippen LogP contribution in [0.2, 0.25) is 0 Å². The van der Waals surface area contributed by atoms with Gasteiger partial charge in [0, 0.05) is 19.0 Å². The van der Waals surface area contributed by atoms with E-state index in [0.29, 0.717) is 37.4 Å². The first-order valence-electron chi connectivity index (χ1n) is 8.78. The molecule has 1 aromatic heterocycles. The molecular weight excluding hydrogens is 350 g/mol. The first-order valence-corrected chi connectivity index (χ1v) is 8.78. The Morgan fingerprint density at radius 1 is 1.19 bits per heavy atom. The van der Waals surface area contributed by atoms with Gasteiger partial charge in [0.25, 0.3) is 0 Å². The minimum atomic E-state index is -0.292. The number of ether oxygens (including phenoxy) is 2. The highest BCUT2D eigenvalue weighted by molar-refractivity contribution is 5.78. The normalized spacial score (nSPS) is 14.8. The maximum atomic E-state index is 12.4. The van der Waals surface area contributed by atoms with E-state index in [-0.39, 0.29) is 30.9 Å². The second-order valence-corrected chi connectivity index (χ2v) is 6.43. The monoisotopic (exact) mass is 373 g/mol. The van der Waals surface area contributed by atoms with Crippen LogP contribution in [0.4, 0.5) is 0 Å². The van der Waals surface area contributed by atoms with Crippen LogP contribution in [0.25, 0.3) is 0 Å². The van der Waals surface area contributed by atoms with Crippen LogP contribution in [0, 0.1) is 5.92 Å². The van der Waals surface area contributed by atoms with Crippen LogP contribution >= 0.6 is 0 Å². The number of likely N-dealkylation sites (tertiary alicyclic amines) is 1. The van der Waals surface area contributed by atoms with Crippen molar-refractivity contribution >= 4 is 11.8 Å². The number of aromatic nitrogens is 3. The lowest BCUT2D eigenvalue weighted by Crippen LogP contribution is -2.43. The summed E-state index contributed by atoms with van der Waals surface area (Å²) in [6, 6.07) is 7.24. The molecule has 27 heavy (non-hydrogen) atoms. The van der Waals surface area contributed by atoms with Gasteiger partial charge < -0.3 is 20.1 Å². The third-order valence-electron chi connectivity index (χ3n) is 4.58. The molecule has 144 valence electrons. The molecule has 1 saturated heterocycles. The Labute approximate surface area is 157 Å². The second kappa shape index (κ2) is 8.52. The summed E-state index contributed by atoms with van der Waals surface area (Å²) < 4.78 is 12.2. The van der Waals surface area contributed by atoms with Gasteiger partial charge in [-0.05, 0) is 37.1 Å². The number of nitrogens with zero attached hydrogens (tertiary/aromatic N) is 4. The molecule has 9 nitrogen and oxygen atoms in total. The fourth-order valence-corrected chi connectivity index (χ4v) is 2.96. The number of carbonyl (C=O) groups excluding carboxylic acids is 2. The lowest BCUT2D eigenvalue weighted by Gasteiger charge is -2.30. The summed E-state index contributed by atoms with van der Waals surface area (Å²) in [4.78, 5) is 25.3. The lowest BCUT2D eigenvalue weighted by atomic mass is 9.96. The number of benzene rings is 1. The summed E-state index contributed by atoms with van der Waals surface area (Å²) in [5, 5.41) is 8.01. The van der Waals surface area contributed by atoms with Crippen molar-refractivity contribution in [3.8, 4) is 11.5 Å². The van der Waals surface area contributed by atoms with Crippen LogP contribution in [0.1, 0.15) is 18.5 Å². The Bertz CT molecular complexity index is 781. The zero-order valence-electron chi connectivity index (χ0n) is 15.2. The van der Waals surface area contributed by atoms with Crippen molar-refractivity contribution in [2.24, 2.45) is 11.7 Å². The molecule has 2 amide bonds. The van der Waals surface area contributed by atoms with Crippen LogP contribution in [0.5, 0.6) is 11.5 Å². The van der Waals surface area contributed by atoms with E-state index in [9.17, 15) is 9.59 Å². The number of piperidine rings is 1. The van der Waals surface area contributed by atoms with E-state index < -0.39 is 0 Å². The molecule has 2 N–H and O–H groups in total. The summed E-state index contributed by atoms with van der Waals surface area (Å²) in [5.74, 6) is 0.970. The molecule has 1 fully saturated rings. The standard InChI is InChI=1S/C18H23N5O4/c1-26-15-2-4-16(5-3-15)27-12-14-10-23(21-20-14)11-17(24)22-8-6-13(7-9-22)18(19)25/h2-5,10,13H,6-9,11-12H2,1H3,(H2,19,25). The first-order chi connectivity index (χ1) is 13.0. The molecule has 0 atom stereocenters. The van der Waals surface area contributed by atoms with Gasteiger partial charge in [0.1, 0.15) is 30.3 Å². The zero-order valence-corrected chi connectivity index (χ0v) is 15.2. The van der Waals surface area contributed by atoms with E-state index in [1.54, 1.807) is 18.2 Å². The highest BCUT2D eigenvalue weighted by Crippen LogP contribution is 2.18. The third kappa shape index (κ3) is 4.96. The maximum Gasteiger partial charge on any atom is 0.244 e. The van der Waals surface area contributed by atoms with Gasteiger partial charge in [-0.1, -0.05) is 5.21 Å². The van der Waals surface area contributed by atoms with E-state index >= 15 is 0 Å². The van der Waals surface area contributed by atoms with E-state index in [0.717, 1.165) is 5.75 Å². The molecule has 2 aromatic rings. The number of carbonyl (C=O) groups is 2. The van der Waals surface area contributed by atoms with Crippen LogP contribution < -0.4 is 15.2 Å². The average molecular weight is 373 g/mol. The van der Waals surface area contributed by atoms with Crippen LogP contribution in [-0.4, -0.2) is 51.9 Å². The fourth-order valence-electron chi connectivity index (χ4n) is 2.96. The van der Waals surface area contributed by atoms with Crippen molar-refractivity contribution in [1.82, 2.24) is 19.9 Å². The average Bonchev–Trinajstić information content (AvgIpc) is 3.14. The Hall–Kier alpha value is -3.10. The highest BCUT2D eigenvalue weighted by atomic mass is 16.5. The van der Waals surface area contributed by atoms with Crippen LogP contribution in [-0.2, 0) is 22.7 Å². The van der Waals surface area contributed by atoms with Crippen molar-refractivity contribution in [1.29, 1.82) is 0 Å². The molecule has 0 saturated carbocycles. The molecule has 1 aliphatic heterocycles. The molecule has 2 heterocycles.